The number of hydrogen-bond acceptors (Lipinski definition) is 4. The van der Waals surface area contributed by atoms with Crippen LogP contribution in [0.4, 0.5) is 0 Å². The lowest BCUT2D eigenvalue weighted by atomic mass is 9.73. The van der Waals surface area contributed by atoms with Gasteiger partial charge in [-0.1, -0.05) is 12.8 Å². The number of likely N-dealkylation sites (tertiary alicyclic amines) is 1. The number of amides is 1. The first-order valence-corrected chi connectivity index (χ1v) is 10.8. The molecular weight excluding hydrogens is 340 g/mol. The van der Waals surface area contributed by atoms with Crippen LogP contribution in [0.3, 0.4) is 0 Å². The molecule has 6 nitrogen and oxygen atoms in total. The molecule has 0 unspecified atom stereocenters. The second kappa shape index (κ2) is 7.21. The molecule has 1 N–H and O–H groups in total. The maximum atomic E-state index is 12.4. The van der Waals surface area contributed by atoms with Crippen molar-refractivity contribution in [3.8, 4) is 0 Å². The van der Waals surface area contributed by atoms with Gasteiger partial charge in [0.05, 0.1) is 18.0 Å². The Balaban J connectivity index is 1.15. The van der Waals surface area contributed by atoms with Gasteiger partial charge in [0.2, 0.25) is 5.91 Å². The molecule has 3 saturated heterocycles. The van der Waals surface area contributed by atoms with Crippen LogP contribution in [0.1, 0.15) is 44.9 Å². The Bertz CT molecular complexity index is 657. The molecular formula is C21H32N4O2. The third kappa shape index (κ3) is 3.42. The van der Waals surface area contributed by atoms with Gasteiger partial charge in [0.25, 0.3) is 0 Å². The molecule has 6 heteroatoms. The standard InChI is InChI=1S/C21H32N4O2/c26-20(11-16-3-1-2-4-16)23-12-17-18-13-25(10-9-24-8-7-22-15-24)14-21(18)6-5-19(17)27-21/h7-8,15-19H,1-6,9-14H2,(H,23,26)/t17-,18+,19+,21+/m0/s1. The summed E-state index contributed by atoms with van der Waals surface area (Å²) in [7, 11) is 0. The first-order chi connectivity index (χ1) is 13.2. The summed E-state index contributed by atoms with van der Waals surface area (Å²) in [6.45, 7) is 4.99. The van der Waals surface area contributed by atoms with E-state index in [0.29, 0.717) is 23.9 Å². The number of nitrogens with one attached hydrogen (secondary N) is 1. The SMILES string of the molecule is O=C(CC1CCCC1)NC[C@H]1[C@H]2CN(CCn3ccnc3)C[C@]23CC[C@H]1O3. The van der Waals surface area contributed by atoms with Crippen LogP contribution in [0.25, 0.3) is 0 Å². The highest BCUT2D eigenvalue weighted by Gasteiger charge is 2.62. The molecule has 1 aliphatic carbocycles. The fourth-order valence-corrected chi connectivity index (χ4v) is 6.19. The number of rotatable bonds is 7. The van der Waals surface area contributed by atoms with Crippen LogP contribution >= 0.6 is 0 Å². The second-order valence-corrected chi connectivity index (χ2v) is 9.22. The summed E-state index contributed by atoms with van der Waals surface area (Å²) in [5.74, 6) is 1.95. The Morgan fingerprint density at radius 3 is 2.96 bits per heavy atom. The van der Waals surface area contributed by atoms with Gasteiger partial charge in [-0.15, -0.1) is 0 Å². The van der Waals surface area contributed by atoms with Gasteiger partial charge in [-0.2, -0.15) is 0 Å². The minimum absolute atomic E-state index is 0.0560. The molecule has 4 heterocycles. The van der Waals surface area contributed by atoms with Gasteiger partial charge >= 0.3 is 0 Å². The van der Waals surface area contributed by atoms with Crippen LogP contribution in [0.15, 0.2) is 18.7 Å². The smallest absolute Gasteiger partial charge is 0.220 e. The van der Waals surface area contributed by atoms with Gasteiger partial charge in [0.15, 0.2) is 0 Å². The highest BCUT2D eigenvalue weighted by atomic mass is 16.5. The van der Waals surface area contributed by atoms with E-state index in [0.717, 1.165) is 45.6 Å². The van der Waals surface area contributed by atoms with E-state index in [1.807, 2.05) is 18.7 Å². The number of nitrogens with zero attached hydrogens (tertiary/aromatic N) is 3. The quantitative estimate of drug-likeness (QED) is 0.796. The molecule has 4 fully saturated rings. The maximum Gasteiger partial charge on any atom is 0.220 e. The molecule has 1 saturated carbocycles. The minimum atomic E-state index is 0.0560. The average molecular weight is 373 g/mol. The van der Waals surface area contributed by atoms with Gasteiger partial charge in [-0.05, 0) is 31.6 Å². The van der Waals surface area contributed by atoms with E-state index in [1.165, 1.54) is 32.1 Å². The topological polar surface area (TPSA) is 59.4 Å². The fraction of sp³-hybridized carbons (Fsp3) is 0.810. The van der Waals surface area contributed by atoms with Gasteiger partial charge in [0.1, 0.15) is 0 Å². The van der Waals surface area contributed by atoms with E-state index in [4.69, 9.17) is 4.74 Å². The predicted octanol–water partition coefficient (Wildman–Crippen LogP) is 2.06. The molecule has 5 rings (SSSR count). The second-order valence-electron chi connectivity index (χ2n) is 9.22. The van der Waals surface area contributed by atoms with E-state index in [2.05, 4.69) is 19.8 Å². The number of carbonyl (C=O) groups excluding carboxylic acids is 1. The first kappa shape index (κ1) is 17.7. The summed E-state index contributed by atoms with van der Waals surface area (Å²) < 4.78 is 8.66. The first-order valence-electron chi connectivity index (χ1n) is 10.8. The zero-order valence-electron chi connectivity index (χ0n) is 16.2. The summed E-state index contributed by atoms with van der Waals surface area (Å²) >= 11 is 0. The summed E-state index contributed by atoms with van der Waals surface area (Å²) in [5.41, 5.74) is 0.0560. The molecule has 1 aromatic rings. The number of ether oxygens (including phenoxy) is 1. The molecule has 148 valence electrons. The molecule has 1 aromatic heterocycles. The van der Waals surface area contributed by atoms with E-state index < -0.39 is 0 Å². The molecule has 4 aliphatic rings. The third-order valence-corrected chi connectivity index (χ3v) is 7.57. The summed E-state index contributed by atoms with van der Waals surface area (Å²) in [5, 5.41) is 3.27. The number of carbonyl (C=O) groups is 1. The highest BCUT2D eigenvalue weighted by molar-refractivity contribution is 5.76. The number of imidazole rings is 1. The van der Waals surface area contributed by atoms with Crippen molar-refractivity contribution in [1.82, 2.24) is 19.8 Å². The van der Waals surface area contributed by atoms with Crippen LogP contribution < -0.4 is 5.32 Å². The molecule has 27 heavy (non-hydrogen) atoms. The van der Waals surface area contributed by atoms with Crippen molar-refractivity contribution < 1.29 is 9.53 Å². The van der Waals surface area contributed by atoms with Crippen LogP contribution in [-0.2, 0) is 16.1 Å². The van der Waals surface area contributed by atoms with Gasteiger partial charge in [-0.25, -0.2) is 4.98 Å². The van der Waals surface area contributed by atoms with Crippen LogP contribution in [0.5, 0.6) is 0 Å². The number of hydrogen-bond donors (Lipinski definition) is 1. The number of fused-ring (bicyclic) bond motifs is 1. The van der Waals surface area contributed by atoms with Crippen LogP contribution in [0, 0.1) is 17.8 Å². The molecule has 0 radical (unpaired) electrons. The summed E-state index contributed by atoms with van der Waals surface area (Å²) in [6.07, 6.45) is 14.3. The summed E-state index contributed by atoms with van der Waals surface area (Å²) in [4.78, 5) is 19.1. The van der Waals surface area contributed by atoms with Crippen molar-refractivity contribution >= 4 is 5.91 Å². The van der Waals surface area contributed by atoms with Crippen molar-refractivity contribution in [2.45, 2.75) is 63.2 Å². The maximum absolute atomic E-state index is 12.4. The van der Waals surface area contributed by atoms with Gasteiger partial charge in [0, 0.05) is 63.4 Å². The van der Waals surface area contributed by atoms with Crippen molar-refractivity contribution in [3.05, 3.63) is 18.7 Å². The van der Waals surface area contributed by atoms with E-state index in [-0.39, 0.29) is 11.5 Å². The Morgan fingerprint density at radius 1 is 1.26 bits per heavy atom. The van der Waals surface area contributed by atoms with Crippen LogP contribution in [-0.4, -0.2) is 58.2 Å². The van der Waals surface area contributed by atoms with Crippen molar-refractivity contribution in [2.75, 3.05) is 26.2 Å². The average Bonchev–Trinajstić information content (AvgIpc) is 3.45. The largest absolute Gasteiger partial charge is 0.370 e. The lowest BCUT2D eigenvalue weighted by Crippen LogP contribution is -2.42. The van der Waals surface area contributed by atoms with Gasteiger partial charge < -0.3 is 14.6 Å². The zero-order valence-corrected chi connectivity index (χ0v) is 16.2. The molecule has 1 amide bonds. The lowest BCUT2D eigenvalue weighted by molar-refractivity contribution is -0.122. The van der Waals surface area contributed by atoms with E-state index in [9.17, 15) is 4.79 Å². The fourth-order valence-electron chi connectivity index (χ4n) is 6.19. The third-order valence-electron chi connectivity index (χ3n) is 7.57. The van der Waals surface area contributed by atoms with E-state index in [1.54, 1.807) is 0 Å². The molecule has 2 bridgehead atoms. The number of aromatic nitrogens is 2. The van der Waals surface area contributed by atoms with Crippen molar-refractivity contribution in [1.29, 1.82) is 0 Å². The normalized spacial score (nSPS) is 35.8. The van der Waals surface area contributed by atoms with Crippen molar-refractivity contribution in [3.63, 3.8) is 0 Å². The Hall–Kier alpha value is -1.40. The Morgan fingerprint density at radius 2 is 2.15 bits per heavy atom. The van der Waals surface area contributed by atoms with Gasteiger partial charge in [-0.3, -0.25) is 9.69 Å². The Labute approximate surface area is 161 Å². The lowest BCUT2D eigenvalue weighted by Gasteiger charge is -2.29. The molecule has 0 aromatic carbocycles. The van der Waals surface area contributed by atoms with Crippen LogP contribution in [0.2, 0.25) is 0 Å². The molecule has 4 atom stereocenters. The summed E-state index contributed by atoms with van der Waals surface area (Å²) in [6, 6.07) is 0. The highest BCUT2D eigenvalue weighted by Crippen LogP contribution is 2.54. The Kier molecular flexibility index (Phi) is 4.72. The van der Waals surface area contributed by atoms with Crippen molar-refractivity contribution in [2.24, 2.45) is 17.8 Å². The van der Waals surface area contributed by atoms with E-state index >= 15 is 0 Å². The molecule has 1 spiro atoms. The molecule has 3 aliphatic heterocycles. The minimum Gasteiger partial charge on any atom is -0.370 e. The zero-order chi connectivity index (χ0) is 18.3. The monoisotopic (exact) mass is 372 g/mol. The predicted molar refractivity (Wildman–Crippen MR) is 102 cm³/mol.